The van der Waals surface area contributed by atoms with E-state index in [0.29, 0.717) is 0 Å². The molecule has 0 spiro atoms. The van der Waals surface area contributed by atoms with Crippen molar-refractivity contribution in [3.05, 3.63) is 32.2 Å². The molecule has 100 valence electrons. The summed E-state index contributed by atoms with van der Waals surface area (Å²) in [5, 5.41) is 10.5. The summed E-state index contributed by atoms with van der Waals surface area (Å²) < 4.78 is 63.7. The number of H-pyrrole nitrogens is 1. The smallest absolute Gasteiger partial charge is 0.397 e. The lowest BCUT2D eigenvalue weighted by Gasteiger charge is -2.10. The van der Waals surface area contributed by atoms with Gasteiger partial charge in [0.25, 0.3) is 12.0 Å². The van der Waals surface area contributed by atoms with E-state index in [-0.39, 0.29) is 6.20 Å². The molecule has 1 rings (SSSR count). The topological polar surface area (TPSA) is 85.2 Å². The van der Waals surface area contributed by atoms with E-state index in [1.54, 1.807) is 0 Å². The minimum absolute atomic E-state index is 0.194. The fourth-order valence-corrected chi connectivity index (χ4v) is 1.11. The number of nitrogens with zero attached hydrogens (tertiary/aromatic N) is 1. The second kappa shape index (κ2) is 4.58. The summed E-state index contributed by atoms with van der Waals surface area (Å²) in [6, 6.07) is 0. The summed E-state index contributed by atoms with van der Waals surface area (Å²) in [5.74, 6) is -1.51. The van der Waals surface area contributed by atoms with Gasteiger partial charge < -0.3 is 9.72 Å². The Balaban J connectivity index is 3.50. The fourth-order valence-electron chi connectivity index (χ4n) is 1.11. The van der Waals surface area contributed by atoms with Crippen LogP contribution in [0.25, 0.3) is 0 Å². The average molecular weight is 274 g/mol. The molecule has 0 saturated heterocycles. The van der Waals surface area contributed by atoms with E-state index < -0.39 is 40.3 Å². The molecular formula is C7H3F5N2O4. The zero-order valence-corrected chi connectivity index (χ0v) is 8.12. The Bertz CT molecular complexity index is 524. The molecule has 0 saturated carbocycles. The van der Waals surface area contributed by atoms with E-state index in [4.69, 9.17) is 0 Å². The van der Waals surface area contributed by atoms with Gasteiger partial charge in [-0.1, -0.05) is 0 Å². The van der Waals surface area contributed by atoms with Gasteiger partial charge in [-0.2, -0.15) is 0 Å². The maximum atomic E-state index is 12.4. The Morgan fingerprint density at radius 2 is 1.94 bits per heavy atom. The van der Waals surface area contributed by atoms with E-state index in [1.807, 2.05) is 0 Å². The number of aromatic nitrogens is 1. The summed E-state index contributed by atoms with van der Waals surface area (Å²) in [7, 11) is 0. The Labute approximate surface area is 94.1 Å². The van der Waals surface area contributed by atoms with E-state index in [0.717, 1.165) is 0 Å². The maximum Gasteiger partial charge on any atom is 0.573 e. The van der Waals surface area contributed by atoms with Crippen LogP contribution in [-0.4, -0.2) is 16.3 Å². The molecule has 0 aliphatic carbocycles. The summed E-state index contributed by atoms with van der Waals surface area (Å²) in [5.41, 5.74) is -4.97. The Morgan fingerprint density at radius 3 is 2.33 bits per heavy atom. The molecule has 0 aliphatic heterocycles. The zero-order chi connectivity index (χ0) is 14.1. The molecule has 0 unspecified atom stereocenters. The van der Waals surface area contributed by atoms with Gasteiger partial charge >= 0.3 is 12.0 Å². The van der Waals surface area contributed by atoms with E-state index in [1.165, 1.54) is 4.98 Å². The number of halogens is 5. The Morgan fingerprint density at radius 1 is 1.39 bits per heavy atom. The lowest BCUT2D eigenvalue weighted by Crippen LogP contribution is -2.22. The molecule has 0 aromatic carbocycles. The first-order valence-corrected chi connectivity index (χ1v) is 4.07. The maximum absolute atomic E-state index is 12.4. The van der Waals surface area contributed by atoms with Crippen LogP contribution in [0.2, 0.25) is 0 Å². The van der Waals surface area contributed by atoms with Gasteiger partial charge in [-0.25, -0.2) is 8.78 Å². The first-order valence-electron chi connectivity index (χ1n) is 4.07. The Kier molecular flexibility index (Phi) is 3.53. The van der Waals surface area contributed by atoms with Crippen LogP contribution in [-0.2, 0) is 0 Å². The number of nitrogens with one attached hydrogen (secondary N) is 1. The highest BCUT2D eigenvalue weighted by Crippen LogP contribution is 2.36. The number of hydrogen-bond acceptors (Lipinski definition) is 4. The van der Waals surface area contributed by atoms with E-state index in [2.05, 4.69) is 4.74 Å². The van der Waals surface area contributed by atoms with E-state index >= 15 is 0 Å². The van der Waals surface area contributed by atoms with Gasteiger partial charge in [0.1, 0.15) is 0 Å². The van der Waals surface area contributed by atoms with Gasteiger partial charge in [0.05, 0.1) is 11.1 Å². The molecule has 0 bridgehead atoms. The number of nitro groups is 1. The van der Waals surface area contributed by atoms with Crippen molar-refractivity contribution in [2.75, 3.05) is 0 Å². The molecule has 0 radical (unpaired) electrons. The molecular weight excluding hydrogens is 271 g/mol. The van der Waals surface area contributed by atoms with Gasteiger partial charge in [0, 0.05) is 0 Å². The van der Waals surface area contributed by atoms with Crippen molar-refractivity contribution in [2.45, 2.75) is 12.8 Å². The van der Waals surface area contributed by atoms with Gasteiger partial charge in [-0.05, 0) is 0 Å². The van der Waals surface area contributed by atoms with Crippen molar-refractivity contribution in [1.82, 2.24) is 4.98 Å². The Hall–Kier alpha value is -2.20. The molecule has 1 aromatic rings. The first-order chi connectivity index (χ1) is 8.13. The highest BCUT2D eigenvalue weighted by Gasteiger charge is 2.38. The SMILES string of the molecule is O=c1[nH]cc(OC(F)(F)F)c([N+](=O)[O-])c1C(F)F. The third-order valence-corrected chi connectivity index (χ3v) is 1.69. The number of rotatable bonds is 3. The van der Waals surface area contributed by atoms with Crippen LogP contribution in [0.5, 0.6) is 5.75 Å². The second-order valence-corrected chi connectivity index (χ2v) is 2.85. The van der Waals surface area contributed by atoms with Crippen LogP contribution in [0, 0.1) is 10.1 Å². The second-order valence-electron chi connectivity index (χ2n) is 2.85. The van der Waals surface area contributed by atoms with Crippen molar-refractivity contribution in [1.29, 1.82) is 0 Å². The molecule has 0 atom stereocenters. The fraction of sp³-hybridized carbons (Fsp3) is 0.286. The molecule has 0 aliphatic rings. The van der Waals surface area contributed by atoms with Crippen LogP contribution in [0.3, 0.4) is 0 Å². The molecule has 18 heavy (non-hydrogen) atoms. The number of ether oxygens (including phenoxy) is 1. The third kappa shape index (κ3) is 2.93. The van der Waals surface area contributed by atoms with Crippen LogP contribution in [0.4, 0.5) is 27.6 Å². The van der Waals surface area contributed by atoms with E-state index in [9.17, 15) is 36.9 Å². The molecule has 0 amide bonds. The standard InChI is InChI=1S/C7H3F5N2O4/c8-5(9)3-4(14(16)17)2(1-13-6(3)15)18-7(10,11)12/h1,5H,(H,13,15). The summed E-state index contributed by atoms with van der Waals surface area (Å²) in [6.45, 7) is 0. The summed E-state index contributed by atoms with van der Waals surface area (Å²) in [6.07, 6.45) is -8.74. The summed E-state index contributed by atoms with van der Waals surface area (Å²) >= 11 is 0. The lowest BCUT2D eigenvalue weighted by molar-refractivity contribution is -0.390. The highest BCUT2D eigenvalue weighted by molar-refractivity contribution is 5.51. The highest BCUT2D eigenvalue weighted by atomic mass is 19.4. The molecule has 6 nitrogen and oxygen atoms in total. The largest absolute Gasteiger partial charge is 0.573 e. The van der Waals surface area contributed by atoms with Crippen molar-refractivity contribution in [2.24, 2.45) is 0 Å². The van der Waals surface area contributed by atoms with Crippen molar-refractivity contribution in [3.63, 3.8) is 0 Å². The predicted octanol–water partition coefficient (Wildman–Crippen LogP) is 2.12. The van der Waals surface area contributed by atoms with Crippen molar-refractivity contribution in [3.8, 4) is 5.75 Å². The summed E-state index contributed by atoms with van der Waals surface area (Å²) in [4.78, 5) is 21.3. The van der Waals surface area contributed by atoms with Gasteiger partial charge in [0.2, 0.25) is 5.75 Å². The number of pyridine rings is 1. The monoisotopic (exact) mass is 274 g/mol. The lowest BCUT2D eigenvalue weighted by atomic mass is 10.2. The van der Waals surface area contributed by atoms with Crippen LogP contribution >= 0.6 is 0 Å². The number of hydrogen-bond donors (Lipinski definition) is 1. The minimum atomic E-state index is -5.32. The molecule has 1 N–H and O–H groups in total. The van der Waals surface area contributed by atoms with Gasteiger partial charge in [-0.3, -0.25) is 14.9 Å². The van der Waals surface area contributed by atoms with Gasteiger partial charge in [0.15, 0.2) is 5.56 Å². The number of alkyl halides is 5. The molecule has 0 fully saturated rings. The minimum Gasteiger partial charge on any atom is -0.397 e. The molecule has 1 heterocycles. The third-order valence-electron chi connectivity index (χ3n) is 1.69. The number of aromatic amines is 1. The van der Waals surface area contributed by atoms with Crippen LogP contribution < -0.4 is 10.3 Å². The predicted molar refractivity (Wildman–Crippen MR) is 45.4 cm³/mol. The van der Waals surface area contributed by atoms with Crippen LogP contribution in [0.15, 0.2) is 11.0 Å². The molecule has 11 heteroatoms. The van der Waals surface area contributed by atoms with Crippen LogP contribution in [0.1, 0.15) is 12.0 Å². The molecule has 1 aromatic heterocycles. The van der Waals surface area contributed by atoms with Gasteiger partial charge in [-0.15, -0.1) is 13.2 Å². The zero-order valence-electron chi connectivity index (χ0n) is 8.12. The normalized spacial score (nSPS) is 11.7. The average Bonchev–Trinajstić information content (AvgIpc) is 2.17. The first kappa shape index (κ1) is 13.9. The van der Waals surface area contributed by atoms with Crippen molar-refractivity contribution >= 4 is 5.69 Å². The quantitative estimate of drug-likeness (QED) is 0.519. The van der Waals surface area contributed by atoms with Crippen molar-refractivity contribution < 1.29 is 31.6 Å².